The molecule has 2 aromatic heterocycles. The second-order valence-electron chi connectivity index (χ2n) is 7.06. The number of hydrogen-bond donors (Lipinski definition) is 0. The van der Waals surface area contributed by atoms with Crippen molar-refractivity contribution in [2.75, 3.05) is 39.3 Å². The smallest absolute Gasteiger partial charge is 0.282 e. The molecule has 4 rings (SSSR count). The number of thiazole rings is 1. The molecule has 0 radical (unpaired) electrons. The molecule has 0 saturated carbocycles. The molecule has 2 aliphatic heterocycles. The summed E-state index contributed by atoms with van der Waals surface area (Å²) >= 11 is 3.06. The molecular formula is C18H24N4O3S3. The lowest BCUT2D eigenvalue weighted by molar-refractivity contribution is 0.0689. The molecule has 2 fully saturated rings. The van der Waals surface area contributed by atoms with Gasteiger partial charge in [0.05, 0.1) is 0 Å². The van der Waals surface area contributed by atoms with Crippen LogP contribution in [-0.4, -0.2) is 72.1 Å². The van der Waals surface area contributed by atoms with E-state index in [4.69, 9.17) is 0 Å². The maximum Gasteiger partial charge on any atom is 0.282 e. The van der Waals surface area contributed by atoms with E-state index < -0.39 is 10.2 Å². The Kier molecular flexibility index (Phi) is 6.12. The van der Waals surface area contributed by atoms with E-state index >= 15 is 0 Å². The first-order valence-electron chi connectivity index (χ1n) is 9.58. The normalized spacial score (nSPS) is 20.2. The van der Waals surface area contributed by atoms with Gasteiger partial charge in [-0.1, -0.05) is 12.8 Å². The fourth-order valence-electron chi connectivity index (χ4n) is 3.61. The van der Waals surface area contributed by atoms with E-state index in [1.807, 2.05) is 16.8 Å². The average molecular weight is 441 g/mol. The van der Waals surface area contributed by atoms with Gasteiger partial charge in [0, 0.05) is 55.6 Å². The van der Waals surface area contributed by atoms with Crippen LogP contribution in [0.25, 0.3) is 10.6 Å². The third kappa shape index (κ3) is 4.16. The van der Waals surface area contributed by atoms with Crippen LogP contribution in [0.5, 0.6) is 0 Å². The van der Waals surface area contributed by atoms with Gasteiger partial charge in [-0.15, -0.1) is 11.3 Å². The first-order chi connectivity index (χ1) is 13.6. The van der Waals surface area contributed by atoms with Crippen LogP contribution < -0.4 is 0 Å². The standard InChI is InChI=1S/C18H24N4O3S3/c23-18(16-14-27-17(19-16)15-5-12-26-13-15)20-8-10-22(11-9-20)28(24,25)21-6-3-1-2-4-7-21/h5,12-14H,1-4,6-11H2. The quantitative estimate of drug-likeness (QED) is 0.733. The van der Waals surface area contributed by atoms with E-state index in [0.29, 0.717) is 45.0 Å². The maximum atomic E-state index is 12.9. The number of carbonyl (C=O) groups excluding carboxylic acids is 1. The molecule has 4 heterocycles. The summed E-state index contributed by atoms with van der Waals surface area (Å²) in [6.45, 7) is 2.68. The zero-order valence-corrected chi connectivity index (χ0v) is 18.1. The second-order valence-corrected chi connectivity index (χ2v) is 10.6. The highest BCUT2D eigenvalue weighted by atomic mass is 32.2. The van der Waals surface area contributed by atoms with Crippen LogP contribution >= 0.6 is 22.7 Å². The summed E-state index contributed by atoms with van der Waals surface area (Å²) in [4.78, 5) is 19.0. The summed E-state index contributed by atoms with van der Waals surface area (Å²) in [7, 11) is -3.43. The molecule has 10 heteroatoms. The van der Waals surface area contributed by atoms with E-state index in [9.17, 15) is 13.2 Å². The van der Waals surface area contributed by atoms with Gasteiger partial charge >= 0.3 is 0 Å². The Morgan fingerprint density at radius 1 is 0.929 bits per heavy atom. The van der Waals surface area contributed by atoms with Crippen molar-refractivity contribution in [2.24, 2.45) is 0 Å². The highest BCUT2D eigenvalue weighted by Gasteiger charge is 2.34. The Morgan fingerprint density at radius 3 is 2.25 bits per heavy atom. The summed E-state index contributed by atoms with van der Waals surface area (Å²) in [5.41, 5.74) is 1.47. The molecule has 7 nitrogen and oxygen atoms in total. The van der Waals surface area contributed by atoms with Gasteiger partial charge in [-0.05, 0) is 24.3 Å². The van der Waals surface area contributed by atoms with Gasteiger partial charge in [0.25, 0.3) is 16.1 Å². The minimum atomic E-state index is -3.43. The van der Waals surface area contributed by atoms with E-state index in [0.717, 1.165) is 36.3 Å². The monoisotopic (exact) mass is 440 g/mol. The fourth-order valence-corrected chi connectivity index (χ4v) is 6.79. The van der Waals surface area contributed by atoms with E-state index in [1.54, 1.807) is 25.9 Å². The van der Waals surface area contributed by atoms with Gasteiger partial charge in [-0.25, -0.2) is 4.98 Å². The molecule has 0 bridgehead atoms. The van der Waals surface area contributed by atoms with Crippen molar-refractivity contribution in [1.29, 1.82) is 0 Å². The van der Waals surface area contributed by atoms with Crippen molar-refractivity contribution in [3.05, 3.63) is 27.9 Å². The zero-order chi connectivity index (χ0) is 19.6. The van der Waals surface area contributed by atoms with Crippen molar-refractivity contribution < 1.29 is 13.2 Å². The van der Waals surface area contributed by atoms with Gasteiger partial charge < -0.3 is 4.90 Å². The Bertz CT molecular complexity index is 894. The lowest BCUT2D eigenvalue weighted by Crippen LogP contribution is -2.54. The number of amides is 1. The minimum Gasteiger partial charge on any atom is -0.335 e. The van der Waals surface area contributed by atoms with E-state index in [2.05, 4.69) is 4.98 Å². The van der Waals surface area contributed by atoms with Crippen molar-refractivity contribution in [2.45, 2.75) is 25.7 Å². The van der Waals surface area contributed by atoms with Gasteiger partial charge in [-0.3, -0.25) is 4.79 Å². The van der Waals surface area contributed by atoms with E-state index in [1.165, 1.54) is 15.6 Å². The molecule has 152 valence electrons. The molecule has 0 aromatic carbocycles. The third-order valence-corrected chi connectivity index (χ3v) is 8.84. The van der Waals surface area contributed by atoms with Crippen molar-refractivity contribution in [1.82, 2.24) is 18.5 Å². The molecule has 2 aromatic rings. The molecule has 28 heavy (non-hydrogen) atoms. The lowest BCUT2D eigenvalue weighted by Gasteiger charge is -2.36. The Hall–Kier alpha value is -1.33. The second kappa shape index (κ2) is 8.58. The molecule has 0 N–H and O–H groups in total. The van der Waals surface area contributed by atoms with Gasteiger partial charge in [0.15, 0.2) is 0 Å². The van der Waals surface area contributed by atoms with Crippen LogP contribution in [0.3, 0.4) is 0 Å². The van der Waals surface area contributed by atoms with Gasteiger partial charge in [-0.2, -0.15) is 28.4 Å². The van der Waals surface area contributed by atoms with Crippen LogP contribution in [0.2, 0.25) is 0 Å². The summed E-state index contributed by atoms with van der Waals surface area (Å²) < 4.78 is 29.0. The molecule has 0 spiro atoms. The summed E-state index contributed by atoms with van der Waals surface area (Å²) in [5, 5.41) is 6.63. The van der Waals surface area contributed by atoms with Crippen LogP contribution in [0.1, 0.15) is 36.2 Å². The number of piperazine rings is 1. The lowest BCUT2D eigenvalue weighted by atomic mass is 10.2. The van der Waals surface area contributed by atoms with Gasteiger partial charge in [0.1, 0.15) is 10.7 Å². The molecule has 2 saturated heterocycles. The number of rotatable bonds is 4. The van der Waals surface area contributed by atoms with Crippen molar-refractivity contribution in [3.63, 3.8) is 0 Å². The highest BCUT2D eigenvalue weighted by Crippen LogP contribution is 2.26. The zero-order valence-electron chi connectivity index (χ0n) is 15.6. The molecule has 0 unspecified atom stereocenters. The Balaban J connectivity index is 1.38. The minimum absolute atomic E-state index is 0.121. The van der Waals surface area contributed by atoms with Gasteiger partial charge in [0.2, 0.25) is 0 Å². The summed E-state index contributed by atoms with van der Waals surface area (Å²) in [6.07, 6.45) is 4.03. The number of thiophene rings is 1. The van der Waals surface area contributed by atoms with E-state index in [-0.39, 0.29) is 5.91 Å². The number of hydrogen-bond acceptors (Lipinski definition) is 6. The predicted octanol–water partition coefficient (Wildman–Crippen LogP) is 2.75. The topological polar surface area (TPSA) is 73.8 Å². The fraction of sp³-hybridized carbons (Fsp3) is 0.556. The SMILES string of the molecule is O=C(c1csc(-c2ccsc2)n1)N1CCN(S(=O)(=O)N2CCCCCC2)CC1. The Morgan fingerprint density at radius 2 is 1.61 bits per heavy atom. The van der Waals surface area contributed by atoms with Crippen molar-refractivity contribution in [3.8, 4) is 10.6 Å². The molecular weight excluding hydrogens is 416 g/mol. The summed E-state index contributed by atoms with van der Waals surface area (Å²) in [6, 6.07) is 1.99. The first-order valence-corrected chi connectivity index (χ1v) is 12.8. The number of nitrogens with zero attached hydrogens (tertiary/aromatic N) is 4. The number of aromatic nitrogens is 1. The highest BCUT2D eigenvalue weighted by molar-refractivity contribution is 7.86. The largest absolute Gasteiger partial charge is 0.335 e. The molecule has 0 aliphatic carbocycles. The van der Waals surface area contributed by atoms with Crippen molar-refractivity contribution >= 4 is 38.8 Å². The third-order valence-electron chi connectivity index (χ3n) is 5.23. The molecule has 0 atom stereocenters. The van der Waals surface area contributed by atoms with Crippen LogP contribution in [0.15, 0.2) is 22.2 Å². The molecule has 1 amide bonds. The molecule has 2 aliphatic rings. The van der Waals surface area contributed by atoms with Crippen LogP contribution in [-0.2, 0) is 10.2 Å². The maximum absolute atomic E-state index is 12.9. The summed E-state index contributed by atoms with van der Waals surface area (Å²) in [5.74, 6) is -0.121. The Labute approximate surface area is 173 Å². The van der Waals surface area contributed by atoms with Crippen LogP contribution in [0.4, 0.5) is 0 Å². The van der Waals surface area contributed by atoms with Crippen LogP contribution in [0, 0.1) is 0 Å². The predicted molar refractivity (Wildman–Crippen MR) is 112 cm³/mol. The first kappa shape index (κ1) is 20.0. The number of carbonyl (C=O) groups is 1. The average Bonchev–Trinajstić information content (AvgIpc) is 3.34.